The molecule has 1 aromatic heterocycles. The Kier molecular flexibility index (Phi) is 6.57. The quantitative estimate of drug-likeness (QED) is 0.283. The maximum atomic E-state index is 12.4. The Balaban J connectivity index is 1.74. The van der Waals surface area contributed by atoms with Crippen molar-refractivity contribution in [3.63, 3.8) is 0 Å². The molecule has 0 atom stereocenters. The summed E-state index contributed by atoms with van der Waals surface area (Å²) < 4.78 is 16.5. The summed E-state index contributed by atoms with van der Waals surface area (Å²) in [5.41, 5.74) is 4.53. The highest BCUT2D eigenvalue weighted by Gasteiger charge is 2.16. The summed E-state index contributed by atoms with van der Waals surface area (Å²) >= 11 is 0. The molecule has 0 aliphatic carbocycles. The van der Waals surface area contributed by atoms with Crippen LogP contribution in [0.25, 0.3) is 38.4 Å². The fourth-order valence-electron chi connectivity index (χ4n) is 3.95. The zero-order valence-corrected chi connectivity index (χ0v) is 18.6. The van der Waals surface area contributed by atoms with Crippen molar-refractivity contribution in [2.75, 3.05) is 27.4 Å². The van der Waals surface area contributed by atoms with E-state index in [1.807, 2.05) is 31.2 Å². The molecule has 5 nitrogen and oxygen atoms in total. The van der Waals surface area contributed by atoms with Crippen LogP contribution in [0.1, 0.15) is 18.9 Å². The van der Waals surface area contributed by atoms with Gasteiger partial charge in [-0.15, -0.1) is 0 Å². The first-order chi connectivity index (χ1) is 15.6. The van der Waals surface area contributed by atoms with E-state index in [9.17, 15) is 4.79 Å². The van der Waals surface area contributed by atoms with Crippen LogP contribution >= 0.6 is 0 Å². The smallest absolute Gasteiger partial charge is 0.244 e. The Morgan fingerprint density at radius 3 is 2.66 bits per heavy atom. The van der Waals surface area contributed by atoms with E-state index in [0.717, 1.165) is 45.0 Å². The molecule has 1 N–H and O–H groups in total. The minimum absolute atomic E-state index is 0.137. The number of allylic oxidation sites excluding steroid dienone is 1. The lowest BCUT2D eigenvalue weighted by atomic mass is 9.96. The molecule has 164 valence electrons. The van der Waals surface area contributed by atoms with Crippen molar-refractivity contribution in [2.45, 2.75) is 13.3 Å². The normalized spacial score (nSPS) is 11.8. The summed E-state index contributed by atoms with van der Waals surface area (Å²) in [6.45, 7) is 3.10. The zero-order chi connectivity index (χ0) is 22.5. The molecule has 1 heterocycles. The van der Waals surface area contributed by atoms with Gasteiger partial charge in [-0.3, -0.25) is 4.79 Å². The van der Waals surface area contributed by atoms with Crippen molar-refractivity contribution >= 4 is 33.2 Å². The van der Waals surface area contributed by atoms with Gasteiger partial charge in [0.2, 0.25) is 5.91 Å². The number of hydrogen-bond acceptors (Lipinski definition) is 4. The maximum Gasteiger partial charge on any atom is 0.244 e. The highest BCUT2D eigenvalue weighted by atomic mass is 16.5. The first-order valence-electron chi connectivity index (χ1n) is 10.6. The van der Waals surface area contributed by atoms with Gasteiger partial charge in [0, 0.05) is 48.9 Å². The molecule has 0 saturated heterocycles. The van der Waals surface area contributed by atoms with Gasteiger partial charge in [-0.25, -0.2) is 0 Å². The van der Waals surface area contributed by atoms with Crippen LogP contribution < -0.4 is 10.1 Å². The molecule has 0 spiro atoms. The average Bonchev–Trinajstić information content (AvgIpc) is 3.23. The van der Waals surface area contributed by atoms with Crippen molar-refractivity contribution in [1.82, 2.24) is 5.32 Å². The molecule has 0 radical (unpaired) electrons. The lowest BCUT2D eigenvalue weighted by molar-refractivity contribution is -0.116. The highest BCUT2D eigenvalue weighted by molar-refractivity contribution is 6.06. The van der Waals surface area contributed by atoms with Crippen molar-refractivity contribution in [3.05, 3.63) is 72.5 Å². The van der Waals surface area contributed by atoms with Gasteiger partial charge >= 0.3 is 0 Å². The minimum atomic E-state index is -0.137. The lowest BCUT2D eigenvalue weighted by Gasteiger charge is -2.11. The molecule has 5 heteroatoms. The minimum Gasteiger partial charge on any atom is -0.496 e. The SMILES string of the molecule is COCCCNC(=O)/C=C(\C)c1cc2c(-c3cccc4ccccc34)coc2cc1OC. The zero-order valence-electron chi connectivity index (χ0n) is 18.6. The number of methoxy groups -OCH3 is 2. The van der Waals surface area contributed by atoms with Crippen LogP contribution in [0, 0.1) is 0 Å². The van der Waals surface area contributed by atoms with Crippen LogP contribution in [0.15, 0.2) is 71.4 Å². The van der Waals surface area contributed by atoms with Gasteiger partial charge in [0.1, 0.15) is 11.3 Å². The third-order valence-electron chi connectivity index (χ3n) is 5.57. The Labute approximate surface area is 187 Å². The number of nitrogens with one attached hydrogen (secondary N) is 1. The number of ether oxygens (including phenoxy) is 2. The molecule has 0 saturated carbocycles. The second-order valence-corrected chi connectivity index (χ2v) is 7.69. The highest BCUT2D eigenvalue weighted by Crippen LogP contribution is 2.39. The van der Waals surface area contributed by atoms with Gasteiger partial charge in [0.15, 0.2) is 0 Å². The van der Waals surface area contributed by atoms with E-state index in [1.54, 1.807) is 26.6 Å². The van der Waals surface area contributed by atoms with E-state index in [0.29, 0.717) is 18.9 Å². The summed E-state index contributed by atoms with van der Waals surface area (Å²) in [6.07, 6.45) is 4.17. The molecule has 0 aliphatic rings. The standard InChI is InChI=1S/C27H27NO4/c1-18(14-27(29)28-12-7-13-30-2)22-15-23-24(17-32-26(23)16-25(22)31-3)21-11-6-9-19-8-4-5-10-20(19)21/h4-6,8-11,14-17H,7,12-13H2,1-3H3,(H,28,29)/b18-14+. The number of rotatable bonds is 8. The van der Waals surface area contributed by atoms with Crippen LogP contribution in [-0.2, 0) is 9.53 Å². The Morgan fingerprint density at radius 1 is 1.03 bits per heavy atom. The van der Waals surface area contributed by atoms with Gasteiger partial charge in [-0.2, -0.15) is 0 Å². The Bertz CT molecular complexity index is 1280. The average molecular weight is 430 g/mol. The van der Waals surface area contributed by atoms with Crippen LogP contribution in [0.2, 0.25) is 0 Å². The third kappa shape index (κ3) is 4.39. The number of furan rings is 1. The van der Waals surface area contributed by atoms with Crippen LogP contribution in [0.3, 0.4) is 0 Å². The molecule has 0 bridgehead atoms. The summed E-state index contributed by atoms with van der Waals surface area (Å²) in [4.78, 5) is 12.4. The molecular formula is C27H27NO4. The van der Waals surface area contributed by atoms with Crippen molar-refractivity contribution in [1.29, 1.82) is 0 Å². The molecule has 4 rings (SSSR count). The summed E-state index contributed by atoms with van der Waals surface area (Å²) in [6, 6.07) is 18.5. The van der Waals surface area contributed by atoms with Crippen molar-refractivity contribution < 1.29 is 18.7 Å². The van der Waals surface area contributed by atoms with E-state index in [2.05, 4.69) is 35.6 Å². The Morgan fingerprint density at radius 2 is 1.84 bits per heavy atom. The largest absolute Gasteiger partial charge is 0.496 e. The first-order valence-corrected chi connectivity index (χ1v) is 10.6. The summed E-state index contributed by atoms with van der Waals surface area (Å²) in [5.74, 6) is 0.527. The van der Waals surface area contributed by atoms with Crippen molar-refractivity contribution in [2.24, 2.45) is 0 Å². The van der Waals surface area contributed by atoms with E-state index in [4.69, 9.17) is 13.9 Å². The fourth-order valence-corrected chi connectivity index (χ4v) is 3.95. The third-order valence-corrected chi connectivity index (χ3v) is 5.57. The molecule has 1 amide bonds. The topological polar surface area (TPSA) is 60.7 Å². The van der Waals surface area contributed by atoms with Gasteiger partial charge in [-0.1, -0.05) is 42.5 Å². The van der Waals surface area contributed by atoms with Gasteiger partial charge in [0.05, 0.1) is 13.4 Å². The predicted octanol–water partition coefficient (Wildman–Crippen LogP) is 5.82. The number of carbonyl (C=O) groups is 1. The van der Waals surface area contributed by atoms with Gasteiger partial charge in [-0.05, 0) is 41.3 Å². The number of amides is 1. The molecule has 0 unspecified atom stereocenters. The summed E-state index contributed by atoms with van der Waals surface area (Å²) in [5, 5.41) is 6.21. The monoisotopic (exact) mass is 429 g/mol. The summed E-state index contributed by atoms with van der Waals surface area (Å²) in [7, 11) is 3.27. The van der Waals surface area contributed by atoms with Crippen LogP contribution in [0.4, 0.5) is 0 Å². The van der Waals surface area contributed by atoms with Gasteiger partial charge < -0.3 is 19.2 Å². The second kappa shape index (κ2) is 9.71. The number of carbonyl (C=O) groups excluding carboxylic acids is 1. The lowest BCUT2D eigenvalue weighted by Crippen LogP contribution is -2.23. The van der Waals surface area contributed by atoms with E-state index in [-0.39, 0.29) is 5.91 Å². The van der Waals surface area contributed by atoms with Crippen LogP contribution in [-0.4, -0.2) is 33.3 Å². The first kappa shape index (κ1) is 21.7. The predicted molar refractivity (Wildman–Crippen MR) is 129 cm³/mol. The molecule has 32 heavy (non-hydrogen) atoms. The molecule has 3 aromatic carbocycles. The van der Waals surface area contributed by atoms with Crippen molar-refractivity contribution in [3.8, 4) is 16.9 Å². The van der Waals surface area contributed by atoms with Crippen LogP contribution in [0.5, 0.6) is 5.75 Å². The number of benzene rings is 3. The second-order valence-electron chi connectivity index (χ2n) is 7.69. The van der Waals surface area contributed by atoms with Gasteiger partial charge in [0.25, 0.3) is 0 Å². The number of hydrogen-bond donors (Lipinski definition) is 1. The maximum absolute atomic E-state index is 12.4. The Hall–Kier alpha value is -3.57. The molecule has 0 fully saturated rings. The molecule has 0 aliphatic heterocycles. The van der Waals surface area contributed by atoms with E-state index < -0.39 is 0 Å². The van der Waals surface area contributed by atoms with E-state index >= 15 is 0 Å². The van der Waals surface area contributed by atoms with E-state index in [1.165, 1.54) is 5.39 Å². The molecular weight excluding hydrogens is 402 g/mol. The molecule has 4 aromatic rings. The fraction of sp³-hybridized carbons (Fsp3) is 0.222. The number of fused-ring (bicyclic) bond motifs is 2.